The molecule has 0 spiro atoms. The second kappa shape index (κ2) is 7.67. The topological polar surface area (TPSA) is 29.9 Å². The molecular weight excluding hydrogens is 394 g/mol. The fourth-order valence-electron chi connectivity index (χ4n) is 3.35. The van der Waals surface area contributed by atoms with Gasteiger partial charge in [0.1, 0.15) is 5.82 Å². The first-order valence-corrected chi connectivity index (χ1v) is 9.15. The molecule has 0 saturated heterocycles. The molecule has 4 aromatic rings. The summed E-state index contributed by atoms with van der Waals surface area (Å²) in [5.41, 5.74) is 2.15. The normalized spacial score (nSPS) is 11.6. The van der Waals surface area contributed by atoms with E-state index in [9.17, 15) is 17.6 Å². The van der Waals surface area contributed by atoms with E-state index in [1.54, 1.807) is 29.1 Å². The molecular formula is C23H17F4N3. The molecule has 3 aromatic carbocycles. The van der Waals surface area contributed by atoms with Crippen molar-refractivity contribution >= 4 is 16.6 Å². The number of hydrogen-bond donors (Lipinski definition) is 1. The largest absolute Gasteiger partial charge is 0.416 e. The minimum Gasteiger partial charge on any atom is -0.381 e. The highest BCUT2D eigenvalue weighted by atomic mass is 19.4. The number of halogens is 4. The van der Waals surface area contributed by atoms with Crippen molar-refractivity contribution in [3.05, 3.63) is 102 Å². The number of hydrogen-bond acceptors (Lipinski definition) is 2. The summed E-state index contributed by atoms with van der Waals surface area (Å²) in [4.78, 5) is 0. The first-order chi connectivity index (χ1) is 14.3. The van der Waals surface area contributed by atoms with E-state index in [2.05, 4.69) is 17.0 Å². The van der Waals surface area contributed by atoms with E-state index in [1.165, 1.54) is 24.3 Å². The minimum atomic E-state index is -4.42. The van der Waals surface area contributed by atoms with E-state index in [1.807, 2.05) is 18.2 Å². The van der Waals surface area contributed by atoms with Crippen molar-refractivity contribution in [3.8, 4) is 5.69 Å². The summed E-state index contributed by atoms with van der Waals surface area (Å²) in [5.74, 6) is -0.340. The Kier molecular flexibility index (Phi) is 5.03. The average Bonchev–Trinajstić information content (AvgIpc) is 3.16. The molecule has 1 aromatic heterocycles. The SMILES string of the molecule is C=C(NCc1ccccc1C(F)(F)F)c1cccc2c1cnn2-c1ccc(F)cc1. The number of alkyl halides is 3. The van der Waals surface area contributed by atoms with Crippen molar-refractivity contribution in [1.82, 2.24) is 15.1 Å². The highest BCUT2D eigenvalue weighted by Gasteiger charge is 2.32. The third-order valence-corrected chi connectivity index (χ3v) is 4.82. The highest BCUT2D eigenvalue weighted by molar-refractivity contribution is 5.91. The summed E-state index contributed by atoms with van der Waals surface area (Å²) in [7, 11) is 0. The molecule has 4 rings (SSSR count). The van der Waals surface area contributed by atoms with Crippen LogP contribution in [-0.2, 0) is 12.7 Å². The van der Waals surface area contributed by atoms with Gasteiger partial charge in [-0.3, -0.25) is 0 Å². The predicted octanol–water partition coefficient (Wildman–Crippen LogP) is 5.94. The standard InChI is InChI=1S/C23H17F4N3/c1-15(28-13-16-5-2-3-7-21(16)23(25,26)27)19-6-4-8-22-20(19)14-29-30(22)18-11-9-17(24)10-12-18/h2-12,14,28H,1,13H2. The third-order valence-electron chi connectivity index (χ3n) is 4.82. The molecule has 0 aliphatic rings. The van der Waals surface area contributed by atoms with Crippen LogP contribution in [0.5, 0.6) is 0 Å². The molecule has 0 radical (unpaired) electrons. The van der Waals surface area contributed by atoms with Crippen LogP contribution in [0.2, 0.25) is 0 Å². The summed E-state index contributed by atoms with van der Waals surface area (Å²) >= 11 is 0. The number of rotatable bonds is 5. The number of nitrogens with one attached hydrogen (secondary N) is 1. The molecule has 0 bridgehead atoms. The van der Waals surface area contributed by atoms with Gasteiger partial charge >= 0.3 is 6.18 Å². The van der Waals surface area contributed by atoms with Crippen molar-refractivity contribution in [2.45, 2.75) is 12.7 Å². The summed E-state index contributed by atoms with van der Waals surface area (Å²) in [6.07, 6.45) is -2.76. The van der Waals surface area contributed by atoms with Gasteiger partial charge in [0.25, 0.3) is 0 Å². The Morgan fingerprint density at radius 1 is 0.967 bits per heavy atom. The molecule has 0 atom stereocenters. The van der Waals surface area contributed by atoms with Gasteiger partial charge in [0.2, 0.25) is 0 Å². The van der Waals surface area contributed by atoms with Crippen LogP contribution in [0, 0.1) is 5.82 Å². The van der Waals surface area contributed by atoms with Crippen molar-refractivity contribution in [1.29, 1.82) is 0 Å². The first-order valence-electron chi connectivity index (χ1n) is 9.15. The summed E-state index contributed by atoms with van der Waals surface area (Å²) in [5, 5.41) is 8.16. The van der Waals surface area contributed by atoms with Gasteiger partial charge in [-0.25, -0.2) is 9.07 Å². The third kappa shape index (κ3) is 3.78. The molecule has 0 aliphatic carbocycles. The van der Waals surface area contributed by atoms with Crippen LogP contribution in [0.4, 0.5) is 17.6 Å². The Bertz CT molecular complexity index is 1210. The second-order valence-electron chi connectivity index (χ2n) is 6.76. The molecule has 0 saturated carbocycles. The summed E-state index contributed by atoms with van der Waals surface area (Å²) < 4.78 is 54.5. The van der Waals surface area contributed by atoms with Gasteiger partial charge in [0.05, 0.1) is 23.0 Å². The molecule has 0 aliphatic heterocycles. The summed E-state index contributed by atoms with van der Waals surface area (Å²) in [6.45, 7) is 3.98. The fraction of sp³-hybridized carbons (Fsp3) is 0.0870. The van der Waals surface area contributed by atoms with Crippen molar-refractivity contribution < 1.29 is 17.6 Å². The van der Waals surface area contributed by atoms with Gasteiger partial charge in [-0.05, 0) is 42.0 Å². The highest BCUT2D eigenvalue weighted by Crippen LogP contribution is 2.32. The zero-order valence-corrected chi connectivity index (χ0v) is 15.7. The second-order valence-corrected chi connectivity index (χ2v) is 6.76. The lowest BCUT2D eigenvalue weighted by Gasteiger charge is -2.15. The van der Waals surface area contributed by atoms with E-state index in [0.717, 1.165) is 22.5 Å². The molecule has 0 unspecified atom stereocenters. The quantitative estimate of drug-likeness (QED) is 0.412. The van der Waals surface area contributed by atoms with Crippen molar-refractivity contribution in [2.24, 2.45) is 0 Å². The smallest absolute Gasteiger partial charge is 0.381 e. The lowest BCUT2D eigenvalue weighted by Crippen LogP contribution is -2.16. The molecule has 152 valence electrons. The number of nitrogens with zero attached hydrogens (tertiary/aromatic N) is 2. The Balaban J connectivity index is 1.62. The Morgan fingerprint density at radius 3 is 2.43 bits per heavy atom. The molecule has 0 amide bonds. The van der Waals surface area contributed by atoms with E-state index < -0.39 is 11.7 Å². The lowest BCUT2D eigenvalue weighted by atomic mass is 10.1. The van der Waals surface area contributed by atoms with Gasteiger partial charge in [0, 0.05) is 23.2 Å². The summed E-state index contributed by atoms with van der Waals surface area (Å²) in [6, 6.07) is 16.9. The van der Waals surface area contributed by atoms with Gasteiger partial charge < -0.3 is 5.32 Å². The Morgan fingerprint density at radius 2 is 1.70 bits per heavy atom. The molecule has 1 heterocycles. The van der Waals surface area contributed by atoms with Crippen LogP contribution in [-0.4, -0.2) is 9.78 Å². The predicted molar refractivity (Wildman–Crippen MR) is 108 cm³/mol. The average molecular weight is 411 g/mol. The van der Waals surface area contributed by atoms with Crippen molar-refractivity contribution in [3.63, 3.8) is 0 Å². The molecule has 0 fully saturated rings. The maximum Gasteiger partial charge on any atom is 0.416 e. The van der Waals surface area contributed by atoms with Gasteiger partial charge in [-0.2, -0.15) is 18.3 Å². The Hall–Kier alpha value is -3.61. The molecule has 1 N–H and O–H groups in total. The van der Waals surface area contributed by atoms with Crippen LogP contribution in [0.15, 0.2) is 79.5 Å². The zero-order chi connectivity index (χ0) is 21.3. The number of aromatic nitrogens is 2. The lowest BCUT2D eigenvalue weighted by molar-refractivity contribution is -0.138. The van der Waals surface area contributed by atoms with Crippen LogP contribution in [0.3, 0.4) is 0 Å². The Labute approximate surface area is 170 Å². The van der Waals surface area contributed by atoms with E-state index >= 15 is 0 Å². The zero-order valence-electron chi connectivity index (χ0n) is 15.7. The van der Waals surface area contributed by atoms with E-state index in [0.29, 0.717) is 11.4 Å². The molecule has 30 heavy (non-hydrogen) atoms. The van der Waals surface area contributed by atoms with E-state index in [4.69, 9.17) is 0 Å². The van der Waals surface area contributed by atoms with Crippen LogP contribution >= 0.6 is 0 Å². The molecule has 7 heteroatoms. The number of fused-ring (bicyclic) bond motifs is 1. The monoisotopic (exact) mass is 411 g/mol. The van der Waals surface area contributed by atoms with E-state index in [-0.39, 0.29) is 17.9 Å². The van der Waals surface area contributed by atoms with Gasteiger partial charge in [0.15, 0.2) is 0 Å². The number of benzene rings is 3. The maximum atomic E-state index is 13.2. The molecule has 3 nitrogen and oxygen atoms in total. The first kappa shape index (κ1) is 19.7. The van der Waals surface area contributed by atoms with Crippen LogP contribution in [0.1, 0.15) is 16.7 Å². The van der Waals surface area contributed by atoms with Crippen LogP contribution < -0.4 is 5.32 Å². The van der Waals surface area contributed by atoms with Crippen LogP contribution in [0.25, 0.3) is 22.3 Å². The fourth-order valence-corrected chi connectivity index (χ4v) is 3.35. The van der Waals surface area contributed by atoms with Gasteiger partial charge in [-0.15, -0.1) is 0 Å². The maximum absolute atomic E-state index is 13.2. The van der Waals surface area contributed by atoms with Gasteiger partial charge in [-0.1, -0.05) is 36.9 Å². The van der Waals surface area contributed by atoms with Crippen molar-refractivity contribution in [2.75, 3.05) is 0 Å². The minimum absolute atomic E-state index is 0.0169.